The van der Waals surface area contributed by atoms with E-state index in [2.05, 4.69) is 26.1 Å². The third-order valence-corrected chi connectivity index (χ3v) is 13.2. The molecule has 0 fully saturated rings. The summed E-state index contributed by atoms with van der Waals surface area (Å²) in [7, 11) is 0. The average Bonchev–Trinajstić information content (AvgIpc) is 3.25. The molecule has 0 aromatic rings. The molecule has 3 atom stereocenters. The van der Waals surface area contributed by atoms with Gasteiger partial charge in [-0.15, -0.1) is 0 Å². The minimum Gasteiger partial charge on any atom is -0.462 e. The van der Waals surface area contributed by atoms with Crippen molar-refractivity contribution in [2.24, 2.45) is 0 Å². The molecule has 6 nitrogen and oxygen atoms in total. The van der Waals surface area contributed by atoms with Crippen molar-refractivity contribution in [2.45, 2.75) is 334 Å². The molecule has 0 spiro atoms. The van der Waals surface area contributed by atoms with E-state index >= 15 is 0 Å². The van der Waals surface area contributed by atoms with Crippen LogP contribution in [0.25, 0.3) is 0 Å². The number of hydrogen-bond donors (Lipinski definition) is 3. The lowest BCUT2D eigenvalue weighted by molar-refractivity contribution is -0.151. The standard InChI is InChI=1S/C55H109NO5/c1-4-7-10-13-16-19-22-24-26-27-28-29-31-33-36-39-42-45-48-55(60)61-51(46-43-40-37-34-32-30-25-23-20-17-14-11-8-5-2)49-54(59)56-52(50-57)53(58)47-44-41-38-35-21-18-15-12-9-6-3/h51-53,57-58H,4-50H2,1-3H3,(H,56,59). The number of nitrogens with one attached hydrogen (secondary N) is 1. The number of carbonyl (C=O) groups is 2. The maximum Gasteiger partial charge on any atom is 0.306 e. The van der Waals surface area contributed by atoms with Crippen LogP contribution in [0.5, 0.6) is 0 Å². The fraction of sp³-hybridized carbons (Fsp3) is 0.964. The SMILES string of the molecule is CCCCCCCCCCCCCCCCCCCCC(=O)OC(CCCCCCCCCCCCCCCC)CC(=O)NC(CO)C(O)CCCCCCCCCCCC. The average molecular weight is 864 g/mol. The van der Waals surface area contributed by atoms with Gasteiger partial charge in [-0.25, -0.2) is 0 Å². The summed E-state index contributed by atoms with van der Waals surface area (Å²) in [6, 6.07) is -0.691. The molecule has 0 aliphatic carbocycles. The van der Waals surface area contributed by atoms with Gasteiger partial charge in [0.2, 0.25) is 5.91 Å². The Morgan fingerprint density at radius 2 is 0.689 bits per heavy atom. The van der Waals surface area contributed by atoms with Crippen LogP contribution in [0.3, 0.4) is 0 Å². The summed E-state index contributed by atoms with van der Waals surface area (Å²) >= 11 is 0. The molecule has 0 rings (SSSR count). The highest BCUT2D eigenvalue weighted by Crippen LogP contribution is 2.19. The maximum atomic E-state index is 13.2. The highest BCUT2D eigenvalue weighted by atomic mass is 16.5. The topological polar surface area (TPSA) is 95.9 Å². The number of esters is 1. The van der Waals surface area contributed by atoms with Gasteiger partial charge in [0.15, 0.2) is 0 Å². The van der Waals surface area contributed by atoms with Crippen molar-refractivity contribution in [2.75, 3.05) is 6.61 Å². The van der Waals surface area contributed by atoms with Crippen LogP contribution in [0.1, 0.15) is 316 Å². The van der Waals surface area contributed by atoms with Gasteiger partial charge in [-0.3, -0.25) is 9.59 Å². The molecule has 3 N–H and O–H groups in total. The maximum absolute atomic E-state index is 13.2. The van der Waals surface area contributed by atoms with Crippen LogP contribution < -0.4 is 5.32 Å². The van der Waals surface area contributed by atoms with E-state index in [0.717, 1.165) is 38.5 Å². The normalized spacial score (nSPS) is 13.1. The van der Waals surface area contributed by atoms with E-state index in [9.17, 15) is 19.8 Å². The van der Waals surface area contributed by atoms with Gasteiger partial charge in [0.25, 0.3) is 0 Å². The van der Waals surface area contributed by atoms with Crippen molar-refractivity contribution in [3.63, 3.8) is 0 Å². The van der Waals surface area contributed by atoms with Crippen molar-refractivity contribution in [1.82, 2.24) is 5.32 Å². The van der Waals surface area contributed by atoms with Crippen LogP contribution in [0.15, 0.2) is 0 Å². The van der Waals surface area contributed by atoms with Gasteiger partial charge >= 0.3 is 5.97 Å². The molecule has 0 aromatic carbocycles. The van der Waals surface area contributed by atoms with Crippen molar-refractivity contribution in [3.05, 3.63) is 0 Å². The Labute approximate surface area is 381 Å². The smallest absolute Gasteiger partial charge is 0.306 e. The number of rotatable bonds is 51. The van der Waals surface area contributed by atoms with E-state index in [4.69, 9.17) is 4.74 Å². The van der Waals surface area contributed by atoms with E-state index < -0.39 is 18.2 Å². The molecule has 3 unspecified atom stereocenters. The summed E-state index contributed by atoms with van der Waals surface area (Å²) in [5, 5.41) is 23.8. The predicted molar refractivity (Wildman–Crippen MR) is 264 cm³/mol. The Bertz CT molecular complexity index is 882. The van der Waals surface area contributed by atoms with Gasteiger partial charge in [-0.05, 0) is 25.7 Å². The molecule has 0 bridgehead atoms. The zero-order valence-corrected chi connectivity index (χ0v) is 41.6. The molecule has 61 heavy (non-hydrogen) atoms. The van der Waals surface area contributed by atoms with Crippen LogP contribution >= 0.6 is 0 Å². The Hall–Kier alpha value is -1.14. The van der Waals surface area contributed by atoms with Crippen LogP contribution in [0.4, 0.5) is 0 Å². The summed E-state index contributed by atoms with van der Waals surface area (Å²) in [6.45, 7) is 6.51. The van der Waals surface area contributed by atoms with E-state index in [1.807, 2.05) is 0 Å². The van der Waals surface area contributed by atoms with Crippen molar-refractivity contribution < 1.29 is 24.5 Å². The monoisotopic (exact) mass is 864 g/mol. The van der Waals surface area contributed by atoms with E-state index in [1.54, 1.807) is 0 Å². The first-order chi connectivity index (χ1) is 30.0. The third-order valence-electron chi connectivity index (χ3n) is 13.2. The zero-order valence-electron chi connectivity index (χ0n) is 41.6. The minimum absolute atomic E-state index is 0.0881. The second-order valence-electron chi connectivity index (χ2n) is 19.4. The molecular formula is C55H109NO5. The predicted octanol–water partition coefficient (Wildman–Crippen LogP) is 16.7. The lowest BCUT2D eigenvalue weighted by atomic mass is 10.0. The van der Waals surface area contributed by atoms with Crippen LogP contribution in [-0.2, 0) is 14.3 Å². The third kappa shape index (κ3) is 45.2. The fourth-order valence-electron chi connectivity index (χ4n) is 8.96. The quantitative estimate of drug-likeness (QED) is 0.0418. The molecular weight excluding hydrogens is 755 g/mol. The number of carbonyl (C=O) groups excluding carboxylic acids is 2. The van der Waals surface area contributed by atoms with Crippen LogP contribution in [0, 0.1) is 0 Å². The molecule has 0 saturated heterocycles. The number of hydrogen-bond acceptors (Lipinski definition) is 5. The number of ether oxygens (including phenoxy) is 1. The molecule has 0 aliphatic rings. The summed E-state index contributed by atoms with van der Waals surface area (Å²) in [6.07, 6.45) is 54.6. The molecule has 0 aliphatic heterocycles. The Balaban J connectivity index is 4.46. The molecule has 1 amide bonds. The second kappa shape index (κ2) is 49.9. The first kappa shape index (κ1) is 59.9. The van der Waals surface area contributed by atoms with Gasteiger partial charge in [0.05, 0.1) is 25.2 Å². The number of unbranched alkanes of at least 4 members (excludes halogenated alkanes) is 39. The number of amides is 1. The van der Waals surface area contributed by atoms with Crippen molar-refractivity contribution in [3.8, 4) is 0 Å². The summed E-state index contributed by atoms with van der Waals surface area (Å²) in [5.41, 5.74) is 0. The molecule has 0 saturated carbocycles. The highest BCUT2D eigenvalue weighted by molar-refractivity contribution is 5.77. The fourth-order valence-corrected chi connectivity index (χ4v) is 8.96. The molecule has 364 valence electrons. The van der Waals surface area contributed by atoms with Crippen LogP contribution in [-0.4, -0.2) is 46.9 Å². The van der Waals surface area contributed by atoms with Gasteiger partial charge in [0.1, 0.15) is 6.10 Å². The van der Waals surface area contributed by atoms with Crippen LogP contribution in [0.2, 0.25) is 0 Å². The molecule has 0 aromatic heterocycles. The summed E-state index contributed by atoms with van der Waals surface area (Å²) < 4.78 is 5.96. The number of aliphatic hydroxyl groups excluding tert-OH is 2. The first-order valence-electron chi connectivity index (χ1n) is 27.8. The largest absolute Gasteiger partial charge is 0.462 e. The lowest BCUT2D eigenvalue weighted by Gasteiger charge is -2.24. The lowest BCUT2D eigenvalue weighted by Crippen LogP contribution is -2.46. The number of aliphatic hydroxyl groups is 2. The molecule has 0 radical (unpaired) electrons. The summed E-state index contributed by atoms with van der Waals surface area (Å²) in [4.78, 5) is 26.2. The Morgan fingerprint density at radius 1 is 0.410 bits per heavy atom. The summed E-state index contributed by atoms with van der Waals surface area (Å²) in [5.74, 6) is -0.447. The van der Waals surface area contributed by atoms with E-state index in [0.29, 0.717) is 19.3 Å². The van der Waals surface area contributed by atoms with Gasteiger partial charge in [-0.2, -0.15) is 0 Å². The van der Waals surface area contributed by atoms with Crippen molar-refractivity contribution >= 4 is 11.9 Å². The van der Waals surface area contributed by atoms with E-state index in [-0.39, 0.29) is 24.9 Å². The van der Waals surface area contributed by atoms with Gasteiger partial charge < -0.3 is 20.3 Å². The van der Waals surface area contributed by atoms with E-state index in [1.165, 1.54) is 231 Å². The molecule has 6 heteroatoms. The minimum atomic E-state index is -0.778. The Morgan fingerprint density at radius 3 is 1.00 bits per heavy atom. The van der Waals surface area contributed by atoms with Gasteiger partial charge in [0, 0.05) is 6.42 Å². The first-order valence-corrected chi connectivity index (χ1v) is 27.8. The van der Waals surface area contributed by atoms with Crippen molar-refractivity contribution in [1.29, 1.82) is 0 Å². The Kier molecular flexibility index (Phi) is 48.9. The highest BCUT2D eigenvalue weighted by Gasteiger charge is 2.24. The second-order valence-corrected chi connectivity index (χ2v) is 19.4. The van der Waals surface area contributed by atoms with Gasteiger partial charge in [-0.1, -0.05) is 278 Å². The molecule has 0 heterocycles. The zero-order chi connectivity index (χ0) is 44.5.